The molecule has 1 heterocycles. The molecule has 7 heteroatoms. The molecule has 3 rings (SSSR count). The van der Waals surface area contributed by atoms with Crippen molar-refractivity contribution in [3.63, 3.8) is 0 Å². The molecule has 0 radical (unpaired) electrons. The molecule has 134 valence electrons. The summed E-state index contributed by atoms with van der Waals surface area (Å²) >= 11 is 0. The summed E-state index contributed by atoms with van der Waals surface area (Å²) in [4.78, 5) is 37.1. The summed E-state index contributed by atoms with van der Waals surface area (Å²) in [5.41, 5.74) is 1.42. The zero-order valence-electron chi connectivity index (χ0n) is 14.3. The van der Waals surface area contributed by atoms with Crippen molar-refractivity contribution < 1.29 is 19.1 Å². The van der Waals surface area contributed by atoms with Crippen molar-refractivity contribution in [1.29, 1.82) is 0 Å². The van der Waals surface area contributed by atoms with Gasteiger partial charge in [-0.25, -0.2) is 4.79 Å². The number of esters is 1. The molecule has 25 heavy (non-hydrogen) atoms. The highest BCUT2D eigenvalue weighted by Gasteiger charge is 2.36. The summed E-state index contributed by atoms with van der Waals surface area (Å²) < 4.78 is 4.93. The first-order valence-electron chi connectivity index (χ1n) is 8.66. The fraction of sp³-hybridized carbons (Fsp3) is 0.500. The van der Waals surface area contributed by atoms with Gasteiger partial charge in [0.2, 0.25) is 5.91 Å². The van der Waals surface area contributed by atoms with E-state index in [4.69, 9.17) is 4.74 Å². The van der Waals surface area contributed by atoms with E-state index in [0.29, 0.717) is 25.4 Å². The highest BCUT2D eigenvalue weighted by molar-refractivity contribution is 5.90. The Morgan fingerprint density at radius 3 is 2.68 bits per heavy atom. The maximum atomic E-state index is 12.2. The molecule has 1 aromatic carbocycles. The van der Waals surface area contributed by atoms with Crippen molar-refractivity contribution in [3.8, 4) is 0 Å². The predicted octanol–water partition coefficient (Wildman–Crippen LogP) is 1.53. The van der Waals surface area contributed by atoms with Gasteiger partial charge in [-0.3, -0.25) is 9.59 Å². The van der Waals surface area contributed by atoms with Gasteiger partial charge >= 0.3 is 12.0 Å². The van der Waals surface area contributed by atoms with Gasteiger partial charge in [-0.05, 0) is 37.5 Å². The number of nitrogens with one attached hydrogen (secondary N) is 2. The van der Waals surface area contributed by atoms with Crippen LogP contribution in [0.5, 0.6) is 0 Å². The Kier molecular flexibility index (Phi) is 5.21. The number of carbonyl (C=O) groups is 3. The number of amides is 3. The van der Waals surface area contributed by atoms with E-state index in [1.165, 1.54) is 0 Å². The highest BCUT2D eigenvalue weighted by Crippen LogP contribution is 2.29. The molecule has 1 aliphatic carbocycles. The second kappa shape index (κ2) is 7.55. The zero-order valence-corrected chi connectivity index (χ0v) is 14.3. The molecule has 2 aliphatic rings. The van der Waals surface area contributed by atoms with E-state index in [1.54, 1.807) is 30.0 Å². The average molecular weight is 345 g/mol. The van der Waals surface area contributed by atoms with Crippen LogP contribution in [-0.2, 0) is 20.7 Å². The quantitative estimate of drug-likeness (QED) is 0.766. The van der Waals surface area contributed by atoms with E-state index < -0.39 is 0 Å². The molecular weight excluding hydrogens is 322 g/mol. The lowest BCUT2D eigenvalue weighted by atomic mass is 10.1. The Morgan fingerprint density at radius 1 is 1.24 bits per heavy atom. The van der Waals surface area contributed by atoms with E-state index in [9.17, 15) is 14.4 Å². The Hall–Kier alpha value is -2.57. The van der Waals surface area contributed by atoms with E-state index in [2.05, 4.69) is 10.6 Å². The van der Waals surface area contributed by atoms with Gasteiger partial charge in [0.15, 0.2) is 0 Å². The molecule has 1 aliphatic heterocycles. The van der Waals surface area contributed by atoms with Gasteiger partial charge in [0.25, 0.3) is 0 Å². The van der Waals surface area contributed by atoms with Gasteiger partial charge in [-0.2, -0.15) is 0 Å². The van der Waals surface area contributed by atoms with Crippen LogP contribution in [0.2, 0.25) is 0 Å². The number of hydrogen-bond acceptors (Lipinski definition) is 4. The lowest BCUT2D eigenvalue weighted by Crippen LogP contribution is -2.62. The van der Waals surface area contributed by atoms with Crippen LogP contribution >= 0.6 is 0 Å². The molecule has 0 atom stereocenters. The second-order valence-electron chi connectivity index (χ2n) is 6.50. The van der Waals surface area contributed by atoms with Crippen molar-refractivity contribution >= 4 is 23.6 Å². The molecular formula is C18H23N3O4. The fourth-order valence-corrected chi connectivity index (χ4v) is 2.74. The van der Waals surface area contributed by atoms with Gasteiger partial charge in [0.05, 0.1) is 19.1 Å². The number of hydrogen-bond donors (Lipinski definition) is 2. The molecule has 0 spiro atoms. The third kappa shape index (κ3) is 4.71. The number of rotatable bonds is 6. The summed E-state index contributed by atoms with van der Waals surface area (Å²) in [5.74, 6) is 0.00436. The van der Waals surface area contributed by atoms with Crippen molar-refractivity contribution in [3.05, 3.63) is 29.8 Å². The Labute approximate surface area is 146 Å². The summed E-state index contributed by atoms with van der Waals surface area (Å²) in [7, 11) is 0. The van der Waals surface area contributed by atoms with Crippen LogP contribution in [0.3, 0.4) is 0 Å². The summed E-state index contributed by atoms with van der Waals surface area (Å²) in [6, 6.07) is 7.00. The van der Waals surface area contributed by atoms with E-state index in [1.807, 2.05) is 6.07 Å². The molecule has 1 saturated heterocycles. The van der Waals surface area contributed by atoms with Crippen LogP contribution in [-0.4, -0.2) is 48.5 Å². The van der Waals surface area contributed by atoms with Gasteiger partial charge < -0.3 is 20.3 Å². The molecule has 7 nitrogen and oxygen atoms in total. The molecule has 0 bridgehead atoms. The lowest BCUT2D eigenvalue weighted by molar-refractivity contribution is -0.142. The van der Waals surface area contributed by atoms with E-state index in [-0.39, 0.29) is 36.3 Å². The van der Waals surface area contributed by atoms with E-state index in [0.717, 1.165) is 18.4 Å². The topological polar surface area (TPSA) is 87.7 Å². The van der Waals surface area contributed by atoms with Crippen molar-refractivity contribution in [1.82, 2.24) is 10.2 Å². The smallest absolute Gasteiger partial charge is 0.321 e. The van der Waals surface area contributed by atoms with Crippen molar-refractivity contribution in [2.75, 3.05) is 25.0 Å². The van der Waals surface area contributed by atoms with Crippen molar-refractivity contribution in [2.24, 2.45) is 5.92 Å². The van der Waals surface area contributed by atoms with Crippen molar-refractivity contribution in [2.45, 2.75) is 32.2 Å². The molecule has 1 saturated carbocycles. The first-order chi connectivity index (χ1) is 12.0. The second-order valence-corrected chi connectivity index (χ2v) is 6.50. The SMILES string of the molecule is CCOC(=O)Cc1cccc(NC(=O)N2CC(NC(=O)C3CC3)C2)c1. The summed E-state index contributed by atoms with van der Waals surface area (Å²) in [5, 5.41) is 5.78. The first kappa shape index (κ1) is 17.3. The fourth-order valence-electron chi connectivity index (χ4n) is 2.74. The summed E-state index contributed by atoms with van der Waals surface area (Å²) in [6.45, 7) is 3.16. The molecule has 3 amide bonds. The minimum atomic E-state index is -0.289. The predicted molar refractivity (Wildman–Crippen MR) is 92.0 cm³/mol. The van der Waals surface area contributed by atoms with Gasteiger partial charge in [0, 0.05) is 24.7 Å². The van der Waals surface area contributed by atoms with Gasteiger partial charge in [-0.1, -0.05) is 12.1 Å². The third-order valence-corrected chi connectivity index (χ3v) is 4.30. The monoisotopic (exact) mass is 345 g/mol. The first-order valence-corrected chi connectivity index (χ1v) is 8.66. The van der Waals surface area contributed by atoms with Crippen LogP contribution in [0.15, 0.2) is 24.3 Å². The maximum Gasteiger partial charge on any atom is 0.321 e. The standard InChI is InChI=1S/C18H23N3O4/c1-2-25-16(22)9-12-4-3-5-14(8-12)20-18(24)21-10-15(11-21)19-17(23)13-6-7-13/h3-5,8,13,15H,2,6-7,9-11H2,1H3,(H,19,23)(H,20,24). The number of anilines is 1. The normalized spacial score (nSPS) is 16.8. The van der Waals surface area contributed by atoms with Gasteiger partial charge in [-0.15, -0.1) is 0 Å². The molecule has 0 aromatic heterocycles. The van der Waals surface area contributed by atoms with Crippen LogP contribution in [0.25, 0.3) is 0 Å². The minimum Gasteiger partial charge on any atom is -0.466 e. The Balaban J connectivity index is 1.45. The number of nitrogens with zero attached hydrogens (tertiary/aromatic N) is 1. The highest BCUT2D eigenvalue weighted by atomic mass is 16.5. The molecule has 0 unspecified atom stereocenters. The Morgan fingerprint density at radius 2 is 2.00 bits per heavy atom. The summed E-state index contributed by atoms with van der Waals surface area (Å²) in [6.07, 6.45) is 2.13. The van der Waals surface area contributed by atoms with Crippen LogP contribution in [0.4, 0.5) is 10.5 Å². The van der Waals surface area contributed by atoms with Crippen LogP contribution in [0, 0.1) is 5.92 Å². The number of benzene rings is 1. The third-order valence-electron chi connectivity index (χ3n) is 4.30. The zero-order chi connectivity index (χ0) is 17.8. The van der Waals surface area contributed by atoms with Crippen LogP contribution < -0.4 is 10.6 Å². The number of likely N-dealkylation sites (tertiary alicyclic amines) is 1. The average Bonchev–Trinajstić information content (AvgIpc) is 3.35. The Bertz CT molecular complexity index is 666. The van der Waals surface area contributed by atoms with E-state index >= 15 is 0 Å². The van der Waals surface area contributed by atoms with Gasteiger partial charge in [0.1, 0.15) is 0 Å². The lowest BCUT2D eigenvalue weighted by Gasteiger charge is -2.39. The molecule has 2 N–H and O–H groups in total. The number of carbonyl (C=O) groups excluding carboxylic acids is 3. The number of ether oxygens (including phenoxy) is 1. The largest absolute Gasteiger partial charge is 0.466 e. The van der Waals surface area contributed by atoms with Crippen LogP contribution in [0.1, 0.15) is 25.3 Å². The molecule has 1 aromatic rings. The molecule has 2 fully saturated rings. The minimum absolute atomic E-state index is 0.0500. The maximum absolute atomic E-state index is 12.2. The number of urea groups is 1.